The minimum atomic E-state index is 0.944. The maximum Gasteiger partial charge on any atom is -0.0235 e. The smallest absolute Gasteiger partial charge is 0.0235 e. The highest BCUT2D eigenvalue weighted by Crippen LogP contribution is 2.76. The van der Waals surface area contributed by atoms with Crippen LogP contribution in [-0.2, 0) is 0 Å². The molecule has 4 atom stereocenters. The summed E-state index contributed by atoms with van der Waals surface area (Å²) in [6, 6.07) is 0. The summed E-state index contributed by atoms with van der Waals surface area (Å²) in [5.41, 5.74) is 0.944. The van der Waals surface area contributed by atoms with E-state index in [-0.39, 0.29) is 0 Å². The highest BCUT2D eigenvalue weighted by Gasteiger charge is 2.67. The van der Waals surface area contributed by atoms with E-state index >= 15 is 0 Å². The molecule has 10 heavy (non-hydrogen) atoms. The van der Waals surface area contributed by atoms with E-state index in [0.29, 0.717) is 0 Å². The molecule has 0 nitrogen and oxygen atoms in total. The van der Waals surface area contributed by atoms with Gasteiger partial charge >= 0.3 is 0 Å². The first-order valence-corrected chi connectivity index (χ1v) is 4.87. The van der Waals surface area contributed by atoms with Gasteiger partial charge in [-0.05, 0) is 48.9 Å². The van der Waals surface area contributed by atoms with Gasteiger partial charge in [0.2, 0.25) is 0 Å². The first-order valence-electron chi connectivity index (χ1n) is 4.87. The van der Waals surface area contributed by atoms with Crippen LogP contribution in [0.15, 0.2) is 0 Å². The Morgan fingerprint density at radius 2 is 2.40 bits per heavy atom. The summed E-state index contributed by atoms with van der Waals surface area (Å²) < 4.78 is 0. The largest absolute Gasteiger partial charge is 0.0651 e. The quantitative estimate of drug-likeness (QED) is 0.520. The third-order valence-electron chi connectivity index (χ3n) is 4.76. The van der Waals surface area contributed by atoms with Crippen molar-refractivity contribution in [2.75, 3.05) is 0 Å². The second-order valence-corrected chi connectivity index (χ2v) is 4.68. The van der Waals surface area contributed by atoms with Crippen LogP contribution in [0.3, 0.4) is 0 Å². The van der Waals surface area contributed by atoms with Crippen LogP contribution in [0.2, 0.25) is 0 Å². The van der Waals surface area contributed by atoms with Crippen LogP contribution in [0.25, 0.3) is 0 Å². The maximum absolute atomic E-state index is 2.38. The van der Waals surface area contributed by atoms with Crippen molar-refractivity contribution in [3.63, 3.8) is 0 Å². The molecule has 2 bridgehead atoms. The summed E-state index contributed by atoms with van der Waals surface area (Å²) in [5.74, 6) is 3.56. The Kier molecular flexibility index (Phi) is 0.810. The molecule has 0 radical (unpaired) electrons. The highest BCUT2D eigenvalue weighted by atomic mass is 14.7. The Morgan fingerprint density at radius 3 is 2.70 bits per heavy atom. The molecular weight excluding hydrogens is 120 g/mol. The second-order valence-electron chi connectivity index (χ2n) is 4.68. The molecule has 4 rings (SSSR count). The minimum Gasteiger partial charge on any atom is -0.0651 e. The van der Waals surface area contributed by atoms with E-state index in [1.165, 1.54) is 18.3 Å². The lowest BCUT2D eigenvalue weighted by Gasteiger charge is -2.59. The van der Waals surface area contributed by atoms with E-state index < -0.39 is 0 Å². The van der Waals surface area contributed by atoms with E-state index in [2.05, 4.69) is 6.92 Å². The van der Waals surface area contributed by atoms with Gasteiger partial charge in [0.05, 0.1) is 0 Å². The van der Waals surface area contributed by atoms with E-state index in [9.17, 15) is 0 Å². The van der Waals surface area contributed by atoms with Gasteiger partial charge in [-0.15, -0.1) is 0 Å². The molecule has 0 aliphatic heterocycles. The third-order valence-corrected chi connectivity index (χ3v) is 4.76. The van der Waals surface area contributed by atoms with Gasteiger partial charge in [0.25, 0.3) is 0 Å². The lowest BCUT2D eigenvalue weighted by Crippen LogP contribution is -2.50. The van der Waals surface area contributed by atoms with Gasteiger partial charge in [-0.1, -0.05) is 13.3 Å². The van der Waals surface area contributed by atoms with Crippen LogP contribution >= 0.6 is 0 Å². The highest BCUT2D eigenvalue weighted by molar-refractivity contribution is 5.17. The number of hydrogen-bond donors (Lipinski definition) is 0. The topological polar surface area (TPSA) is 0 Å². The van der Waals surface area contributed by atoms with Gasteiger partial charge in [0.1, 0.15) is 0 Å². The molecule has 4 unspecified atom stereocenters. The molecule has 0 heterocycles. The Balaban J connectivity index is 1.92. The average Bonchev–Trinajstić information content (AvgIpc) is 2.36. The molecule has 0 aromatic heterocycles. The molecule has 4 saturated carbocycles. The molecule has 4 aliphatic rings. The van der Waals surface area contributed by atoms with Crippen molar-refractivity contribution < 1.29 is 0 Å². The van der Waals surface area contributed by atoms with Crippen LogP contribution in [0.5, 0.6) is 0 Å². The molecule has 56 valence electrons. The van der Waals surface area contributed by atoms with Crippen molar-refractivity contribution in [1.82, 2.24) is 0 Å². The minimum absolute atomic E-state index is 0.944. The van der Waals surface area contributed by atoms with Crippen molar-refractivity contribution in [2.24, 2.45) is 23.2 Å². The van der Waals surface area contributed by atoms with Crippen molar-refractivity contribution in [3.05, 3.63) is 0 Å². The lowest BCUT2D eigenvalue weighted by molar-refractivity contribution is -0.0944. The summed E-state index contributed by atoms with van der Waals surface area (Å²) in [5, 5.41) is 0. The zero-order valence-electron chi connectivity index (χ0n) is 6.77. The molecule has 0 N–H and O–H groups in total. The van der Waals surface area contributed by atoms with Crippen LogP contribution in [-0.4, -0.2) is 0 Å². The van der Waals surface area contributed by atoms with E-state index in [4.69, 9.17) is 0 Å². The first kappa shape index (κ1) is 5.62. The summed E-state index contributed by atoms with van der Waals surface area (Å²) in [6.45, 7) is 2.38. The molecule has 1 spiro atoms. The van der Waals surface area contributed by atoms with Gasteiger partial charge in [0, 0.05) is 0 Å². The van der Waals surface area contributed by atoms with Crippen LogP contribution in [0.1, 0.15) is 39.0 Å². The van der Waals surface area contributed by atoms with Gasteiger partial charge in [0.15, 0.2) is 0 Å². The van der Waals surface area contributed by atoms with Crippen molar-refractivity contribution in [3.8, 4) is 0 Å². The molecule has 0 heteroatoms. The van der Waals surface area contributed by atoms with Crippen molar-refractivity contribution in [2.45, 2.75) is 39.0 Å². The zero-order valence-corrected chi connectivity index (χ0v) is 6.77. The van der Waals surface area contributed by atoms with Gasteiger partial charge < -0.3 is 0 Å². The normalized spacial score (nSPS) is 62.7. The van der Waals surface area contributed by atoms with Crippen LogP contribution < -0.4 is 0 Å². The zero-order chi connectivity index (χ0) is 6.77. The number of fused-ring (bicyclic) bond motifs is 1. The summed E-state index contributed by atoms with van der Waals surface area (Å²) in [7, 11) is 0. The SMILES string of the molecule is CCC1CC2CC13CCC23. The molecule has 0 aromatic rings. The van der Waals surface area contributed by atoms with Crippen molar-refractivity contribution in [1.29, 1.82) is 0 Å². The lowest BCUT2D eigenvalue weighted by atomic mass is 9.46. The monoisotopic (exact) mass is 136 g/mol. The fourth-order valence-corrected chi connectivity index (χ4v) is 4.20. The standard InChI is InChI=1S/C10H16/c1-2-8-5-7-6-10(8)4-3-9(7)10/h7-9H,2-6H2,1H3. The fraction of sp³-hybridized carbons (Fsp3) is 1.00. The molecule has 4 fully saturated rings. The Morgan fingerprint density at radius 1 is 1.50 bits per heavy atom. The summed E-state index contributed by atoms with van der Waals surface area (Å²) in [6.07, 6.45) is 7.86. The molecule has 0 amide bonds. The maximum atomic E-state index is 2.38. The molecule has 4 aliphatic carbocycles. The van der Waals surface area contributed by atoms with Gasteiger partial charge in [-0.25, -0.2) is 0 Å². The van der Waals surface area contributed by atoms with E-state index in [1.807, 2.05) is 0 Å². The molecular formula is C10H16. The second kappa shape index (κ2) is 1.44. The van der Waals surface area contributed by atoms with E-state index in [0.717, 1.165) is 11.3 Å². The Hall–Kier alpha value is 0. The van der Waals surface area contributed by atoms with Crippen LogP contribution in [0.4, 0.5) is 0 Å². The third kappa shape index (κ3) is 0.360. The molecule has 0 aromatic carbocycles. The Labute approximate surface area is 63.0 Å². The predicted octanol–water partition coefficient (Wildman–Crippen LogP) is 2.83. The average molecular weight is 136 g/mol. The number of rotatable bonds is 1. The summed E-state index contributed by atoms with van der Waals surface area (Å²) >= 11 is 0. The van der Waals surface area contributed by atoms with Gasteiger partial charge in [-0.3, -0.25) is 0 Å². The Bertz CT molecular complexity index is 173. The van der Waals surface area contributed by atoms with Crippen molar-refractivity contribution >= 4 is 0 Å². The van der Waals surface area contributed by atoms with Crippen LogP contribution in [0, 0.1) is 23.2 Å². The first-order chi connectivity index (χ1) is 4.87. The fourth-order valence-electron chi connectivity index (χ4n) is 4.20. The van der Waals surface area contributed by atoms with Gasteiger partial charge in [-0.2, -0.15) is 0 Å². The van der Waals surface area contributed by atoms with E-state index in [1.54, 1.807) is 25.7 Å². The number of hydrogen-bond acceptors (Lipinski definition) is 0. The summed E-state index contributed by atoms with van der Waals surface area (Å²) in [4.78, 5) is 0. The predicted molar refractivity (Wildman–Crippen MR) is 41.7 cm³/mol. The molecule has 0 saturated heterocycles.